The minimum Gasteiger partial charge on any atom is -0.508 e. The Morgan fingerprint density at radius 1 is 1.33 bits per heavy atom. The van der Waals surface area contributed by atoms with Gasteiger partial charge in [-0.05, 0) is 30.7 Å². The van der Waals surface area contributed by atoms with Crippen LogP contribution in [0.5, 0.6) is 5.75 Å². The van der Waals surface area contributed by atoms with E-state index < -0.39 is 0 Å². The number of aromatic hydroxyl groups is 1. The number of aliphatic hydroxyl groups is 1. The van der Waals surface area contributed by atoms with Crippen molar-refractivity contribution in [1.82, 2.24) is 0 Å². The molecule has 0 radical (unpaired) electrons. The summed E-state index contributed by atoms with van der Waals surface area (Å²) in [4.78, 5) is 0. The number of nitrogens with one attached hydrogen (secondary N) is 1. The Hall–Kier alpha value is -1.22. The Balaban J connectivity index is 2.66. The molecular weight excluding hydrogens is 190 g/mol. The fourth-order valence-electron chi connectivity index (χ4n) is 1.24. The molecule has 0 saturated carbocycles. The van der Waals surface area contributed by atoms with E-state index >= 15 is 0 Å². The highest BCUT2D eigenvalue weighted by molar-refractivity contribution is 5.53. The molecule has 3 N–H and O–H groups in total. The van der Waals surface area contributed by atoms with Crippen LogP contribution >= 0.6 is 0 Å². The van der Waals surface area contributed by atoms with Crippen LogP contribution in [0.15, 0.2) is 18.2 Å². The number of rotatable bonds is 4. The van der Waals surface area contributed by atoms with Crippen molar-refractivity contribution in [3.05, 3.63) is 23.8 Å². The molecule has 0 aromatic heterocycles. The minimum atomic E-state index is -0.135. The van der Waals surface area contributed by atoms with E-state index in [1.54, 1.807) is 12.1 Å². The molecule has 84 valence electrons. The number of aryl methyl sites for hydroxylation is 1. The number of benzene rings is 1. The highest BCUT2D eigenvalue weighted by Gasteiger charge is 2.16. The molecule has 1 aromatic carbocycles. The summed E-state index contributed by atoms with van der Waals surface area (Å²) < 4.78 is 0. The lowest BCUT2D eigenvalue weighted by Crippen LogP contribution is -2.26. The van der Waals surface area contributed by atoms with Gasteiger partial charge in [-0.1, -0.05) is 13.8 Å². The largest absolute Gasteiger partial charge is 0.508 e. The maximum atomic E-state index is 9.24. The fourth-order valence-corrected chi connectivity index (χ4v) is 1.24. The first-order valence-corrected chi connectivity index (χ1v) is 5.09. The quantitative estimate of drug-likeness (QED) is 0.666. The smallest absolute Gasteiger partial charge is 0.115 e. The van der Waals surface area contributed by atoms with Gasteiger partial charge >= 0.3 is 0 Å². The van der Waals surface area contributed by atoms with E-state index in [0.29, 0.717) is 6.54 Å². The zero-order valence-electron chi connectivity index (χ0n) is 9.54. The minimum absolute atomic E-state index is 0.135. The second-order valence-electron chi connectivity index (χ2n) is 4.68. The van der Waals surface area contributed by atoms with E-state index in [4.69, 9.17) is 5.11 Å². The van der Waals surface area contributed by atoms with Crippen molar-refractivity contribution in [2.75, 3.05) is 18.5 Å². The van der Waals surface area contributed by atoms with E-state index in [2.05, 4.69) is 5.32 Å². The zero-order chi connectivity index (χ0) is 11.5. The van der Waals surface area contributed by atoms with Crippen LogP contribution in [-0.4, -0.2) is 23.4 Å². The SMILES string of the molecule is Cc1cc(O)ccc1NCC(C)(C)CO. The van der Waals surface area contributed by atoms with Gasteiger partial charge in [-0.15, -0.1) is 0 Å². The lowest BCUT2D eigenvalue weighted by Gasteiger charge is -2.23. The maximum Gasteiger partial charge on any atom is 0.115 e. The van der Waals surface area contributed by atoms with Crippen LogP contribution in [0.2, 0.25) is 0 Å². The van der Waals surface area contributed by atoms with Crippen molar-refractivity contribution in [3.63, 3.8) is 0 Å². The van der Waals surface area contributed by atoms with Gasteiger partial charge in [0.25, 0.3) is 0 Å². The van der Waals surface area contributed by atoms with E-state index in [1.807, 2.05) is 26.8 Å². The predicted octanol–water partition coefficient (Wildman–Crippen LogP) is 2.13. The summed E-state index contributed by atoms with van der Waals surface area (Å²) in [5, 5.41) is 21.6. The molecule has 0 heterocycles. The van der Waals surface area contributed by atoms with Crippen LogP contribution in [0.4, 0.5) is 5.69 Å². The molecule has 0 saturated heterocycles. The molecule has 3 heteroatoms. The van der Waals surface area contributed by atoms with Crippen LogP contribution in [-0.2, 0) is 0 Å². The Morgan fingerprint density at radius 2 is 2.00 bits per heavy atom. The van der Waals surface area contributed by atoms with Crippen molar-refractivity contribution >= 4 is 5.69 Å². The summed E-state index contributed by atoms with van der Waals surface area (Å²) in [7, 11) is 0. The van der Waals surface area contributed by atoms with Gasteiger partial charge in [0.15, 0.2) is 0 Å². The van der Waals surface area contributed by atoms with Crippen LogP contribution in [0.3, 0.4) is 0 Å². The van der Waals surface area contributed by atoms with Crippen LogP contribution in [0, 0.1) is 12.3 Å². The second-order valence-corrected chi connectivity index (χ2v) is 4.68. The van der Waals surface area contributed by atoms with Gasteiger partial charge in [-0.2, -0.15) is 0 Å². The summed E-state index contributed by atoms with van der Waals surface area (Å²) in [5.41, 5.74) is 1.86. The number of phenolic OH excluding ortho intramolecular Hbond substituents is 1. The summed E-state index contributed by atoms with van der Waals surface area (Å²) >= 11 is 0. The highest BCUT2D eigenvalue weighted by atomic mass is 16.3. The van der Waals surface area contributed by atoms with Gasteiger partial charge in [0.2, 0.25) is 0 Å². The molecule has 0 fully saturated rings. The second kappa shape index (κ2) is 4.53. The zero-order valence-corrected chi connectivity index (χ0v) is 9.54. The average molecular weight is 209 g/mol. The van der Waals surface area contributed by atoms with Crippen LogP contribution in [0.1, 0.15) is 19.4 Å². The molecular formula is C12H19NO2. The Morgan fingerprint density at radius 3 is 2.53 bits per heavy atom. The molecule has 0 aliphatic carbocycles. The van der Waals surface area contributed by atoms with Crippen LogP contribution < -0.4 is 5.32 Å². The Kier molecular flexibility index (Phi) is 3.58. The number of anilines is 1. The number of hydrogen-bond donors (Lipinski definition) is 3. The monoisotopic (exact) mass is 209 g/mol. The summed E-state index contributed by atoms with van der Waals surface area (Å²) in [6.07, 6.45) is 0. The van der Waals surface area contributed by atoms with E-state index in [9.17, 15) is 5.11 Å². The molecule has 0 unspecified atom stereocenters. The lowest BCUT2D eigenvalue weighted by atomic mass is 9.95. The number of aliphatic hydroxyl groups excluding tert-OH is 1. The lowest BCUT2D eigenvalue weighted by molar-refractivity contribution is 0.171. The number of hydrogen-bond acceptors (Lipinski definition) is 3. The van der Waals surface area contributed by atoms with Gasteiger partial charge in [0, 0.05) is 24.3 Å². The molecule has 0 spiro atoms. The van der Waals surface area contributed by atoms with Crippen molar-refractivity contribution in [2.45, 2.75) is 20.8 Å². The molecule has 15 heavy (non-hydrogen) atoms. The number of phenols is 1. The summed E-state index contributed by atoms with van der Waals surface area (Å²) in [6.45, 7) is 6.78. The molecule has 3 nitrogen and oxygen atoms in total. The fraction of sp³-hybridized carbons (Fsp3) is 0.500. The third-order valence-electron chi connectivity index (χ3n) is 2.40. The third kappa shape index (κ3) is 3.44. The van der Waals surface area contributed by atoms with Crippen molar-refractivity contribution < 1.29 is 10.2 Å². The molecule has 1 rings (SSSR count). The first kappa shape index (κ1) is 11.9. The van der Waals surface area contributed by atoms with Gasteiger partial charge in [-0.25, -0.2) is 0 Å². The molecule has 0 bridgehead atoms. The molecule has 0 atom stereocenters. The van der Waals surface area contributed by atoms with Crippen molar-refractivity contribution in [1.29, 1.82) is 0 Å². The van der Waals surface area contributed by atoms with Gasteiger partial charge in [-0.3, -0.25) is 0 Å². The standard InChI is InChI=1S/C12H19NO2/c1-9-6-10(15)4-5-11(9)13-7-12(2,3)8-14/h4-6,13-15H,7-8H2,1-3H3. The molecule has 1 aromatic rings. The first-order valence-electron chi connectivity index (χ1n) is 5.09. The van der Waals surface area contributed by atoms with E-state index in [1.165, 1.54) is 0 Å². The van der Waals surface area contributed by atoms with Crippen LogP contribution in [0.25, 0.3) is 0 Å². The molecule has 0 aliphatic heterocycles. The van der Waals surface area contributed by atoms with Crippen molar-refractivity contribution in [3.8, 4) is 5.75 Å². The summed E-state index contributed by atoms with van der Waals surface area (Å²) in [6, 6.07) is 5.22. The summed E-state index contributed by atoms with van der Waals surface area (Å²) in [5.74, 6) is 0.277. The van der Waals surface area contributed by atoms with E-state index in [-0.39, 0.29) is 17.8 Å². The third-order valence-corrected chi connectivity index (χ3v) is 2.40. The normalized spacial score (nSPS) is 11.5. The van der Waals surface area contributed by atoms with Crippen molar-refractivity contribution in [2.24, 2.45) is 5.41 Å². The highest BCUT2D eigenvalue weighted by Crippen LogP contribution is 2.22. The van der Waals surface area contributed by atoms with Gasteiger partial charge < -0.3 is 15.5 Å². The van der Waals surface area contributed by atoms with E-state index in [0.717, 1.165) is 11.3 Å². The first-order chi connectivity index (χ1) is 6.94. The van der Waals surface area contributed by atoms with Gasteiger partial charge in [0.05, 0.1) is 0 Å². The molecule has 0 aliphatic rings. The Labute approximate surface area is 90.8 Å². The Bertz CT molecular complexity index is 334. The molecule has 0 amide bonds. The topological polar surface area (TPSA) is 52.5 Å². The predicted molar refractivity (Wildman–Crippen MR) is 62.2 cm³/mol. The van der Waals surface area contributed by atoms with Gasteiger partial charge in [0.1, 0.15) is 5.75 Å². The maximum absolute atomic E-state index is 9.24. The average Bonchev–Trinajstić information content (AvgIpc) is 2.16.